The van der Waals surface area contributed by atoms with Crippen molar-refractivity contribution in [3.8, 4) is 0 Å². The van der Waals surface area contributed by atoms with Gasteiger partial charge in [-0.1, -0.05) is 26.0 Å². The van der Waals surface area contributed by atoms with Crippen LogP contribution in [0.5, 0.6) is 0 Å². The molecular formula is C13H19NS. The van der Waals surface area contributed by atoms with E-state index in [2.05, 4.69) is 55.2 Å². The monoisotopic (exact) mass is 221 g/mol. The van der Waals surface area contributed by atoms with Crippen LogP contribution in [0.25, 0.3) is 0 Å². The van der Waals surface area contributed by atoms with E-state index >= 15 is 0 Å². The van der Waals surface area contributed by atoms with Crippen LogP contribution in [-0.4, -0.2) is 17.0 Å². The Bertz CT molecular complexity index is 324. The lowest BCUT2D eigenvalue weighted by Crippen LogP contribution is -2.24. The highest BCUT2D eigenvalue weighted by Gasteiger charge is 2.23. The van der Waals surface area contributed by atoms with Gasteiger partial charge in [0.25, 0.3) is 0 Å². The van der Waals surface area contributed by atoms with Crippen LogP contribution in [0, 0.1) is 0 Å². The van der Waals surface area contributed by atoms with Crippen LogP contribution in [-0.2, 0) is 6.42 Å². The van der Waals surface area contributed by atoms with Gasteiger partial charge in [0.2, 0.25) is 0 Å². The molecule has 1 aromatic carbocycles. The molecule has 0 bridgehead atoms. The lowest BCUT2D eigenvalue weighted by atomic mass is 10.1. The highest BCUT2D eigenvalue weighted by Crippen LogP contribution is 2.28. The molecule has 2 rings (SSSR count). The quantitative estimate of drug-likeness (QED) is 0.837. The summed E-state index contributed by atoms with van der Waals surface area (Å²) in [7, 11) is 0. The van der Waals surface area contributed by atoms with Crippen molar-refractivity contribution in [1.82, 2.24) is 0 Å². The highest BCUT2D eigenvalue weighted by atomic mass is 32.2. The Morgan fingerprint density at radius 3 is 3.00 bits per heavy atom. The summed E-state index contributed by atoms with van der Waals surface area (Å²) >= 11 is 2.07. The van der Waals surface area contributed by atoms with Crippen molar-refractivity contribution in [1.29, 1.82) is 0 Å². The van der Waals surface area contributed by atoms with Crippen molar-refractivity contribution in [3.63, 3.8) is 0 Å². The van der Waals surface area contributed by atoms with Gasteiger partial charge in [0, 0.05) is 17.0 Å². The van der Waals surface area contributed by atoms with Crippen LogP contribution in [0.1, 0.15) is 25.8 Å². The fraction of sp³-hybridized carbons (Fsp3) is 0.538. The van der Waals surface area contributed by atoms with E-state index in [1.165, 1.54) is 23.4 Å². The topological polar surface area (TPSA) is 12.0 Å². The van der Waals surface area contributed by atoms with Gasteiger partial charge in [-0.2, -0.15) is 11.8 Å². The Morgan fingerprint density at radius 2 is 2.33 bits per heavy atom. The second-order valence-electron chi connectivity index (χ2n) is 4.17. The highest BCUT2D eigenvalue weighted by molar-refractivity contribution is 8.00. The van der Waals surface area contributed by atoms with Crippen molar-refractivity contribution in [3.05, 3.63) is 29.8 Å². The van der Waals surface area contributed by atoms with E-state index in [9.17, 15) is 0 Å². The Hall–Kier alpha value is -0.630. The largest absolute Gasteiger partial charge is 0.381 e. The Labute approximate surface area is 96.7 Å². The molecule has 1 nitrogen and oxygen atoms in total. The predicted octanol–water partition coefficient (Wildman–Crippen LogP) is 3.55. The summed E-state index contributed by atoms with van der Waals surface area (Å²) in [5.74, 6) is 1.30. The molecule has 1 N–H and O–H groups in total. The summed E-state index contributed by atoms with van der Waals surface area (Å²) in [6.07, 6.45) is 2.41. The van der Waals surface area contributed by atoms with Gasteiger partial charge in [-0.25, -0.2) is 0 Å². The molecule has 0 aromatic heterocycles. The van der Waals surface area contributed by atoms with Gasteiger partial charge in [-0.3, -0.25) is 0 Å². The molecule has 0 aliphatic carbocycles. The molecule has 2 atom stereocenters. The molecule has 0 saturated carbocycles. The van der Waals surface area contributed by atoms with Crippen molar-refractivity contribution in [2.45, 2.75) is 38.0 Å². The fourth-order valence-electron chi connectivity index (χ4n) is 2.02. The minimum Gasteiger partial charge on any atom is -0.381 e. The zero-order valence-electron chi connectivity index (χ0n) is 9.49. The van der Waals surface area contributed by atoms with Crippen LogP contribution in [0.3, 0.4) is 0 Å². The average Bonchev–Trinajstić information content (AvgIpc) is 2.65. The summed E-state index contributed by atoms with van der Waals surface area (Å²) < 4.78 is 0. The SMILES string of the molecule is CCc1cccc(NC2CCSC2C)c1. The van der Waals surface area contributed by atoms with Crippen molar-refractivity contribution in [2.24, 2.45) is 0 Å². The van der Waals surface area contributed by atoms with Gasteiger partial charge in [0.05, 0.1) is 0 Å². The number of rotatable bonds is 3. The molecule has 1 aromatic rings. The maximum Gasteiger partial charge on any atom is 0.0385 e. The van der Waals surface area contributed by atoms with E-state index in [4.69, 9.17) is 0 Å². The second-order valence-corrected chi connectivity index (χ2v) is 5.65. The smallest absolute Gasteiger partial charge is 0.0385 e. The number of benzene rings is 1. The van der Waals surface area contributed by atoms with E-state index in [-0.39, 0.29) is 0 Å². The van der Waals surface area contributed by atoms with Crippen LogP contribution < -0.4 is 5.32 Å². The van der Waals surface area contributed by atoms with E-state index in [0.29, 0.717) is 6.04 Å². The van der Waals surface area contributed by atoms with E-state index in [0.717, 1.165) is 11.7 Å². The third-order valence-corrected chi connectivity index (χ3v) is 4.39. The van der Waals surface area contributed by atoms with Crippen molar-refractivity contribution < 1.29 is 0 Å². The van der Waals surface area contributed by atoms with Gasteiger partial charge in [-0.05, 0) is 36.3 Å². The van der Waals surface area contributed by atoms with E-state index in [1.54, 1.807) is 0 Å². The summed E-state index contributed by atoms with van der Waals surface area (Å²) in [4.78, 5) is 0. The molecule has 2 unspecified atom stereocenters. The number of anilines is 1. The summed E-state index contributed by atoms with van der Waals surface area (Å²) in [6.45, 7) is 4.52. The van der Waals surface area contributed by atoms with Crippen molar-refractivity contribution >= 4 is 17.4 Å². The van der Waals surface area contributed by atoms with Gasteiger partial charge < -0.3 is 5.32 Å². The Morgan fingerprint density at radius 1 is 1.47 bits per heavy atom. The zero-order valence-corrected chi connectivity index (χ0v) is 10.3. The van der Waals surface area contributed by atoms with Crippen LogP contribution in [0.2, 0.25) is 0 Å². The molecule has 1 aliphatic heterocycles. The molecule has 1 saturated heterocycles. The molecule has 15 heavy (non-hydrogen) atoms. The lowest BCUT2D eigenvalue weighted by molar-refractivity contribution is 0.724. The first-order valence-electron chi connectivity index (χ1n) is 5.76. The zero-order chi connectivity index (χ0) is 10.7. The fourth-order valence-corrected chi connectivity index (χ4v) is 3.21. The number of hydrogen-bond acceptors (Lipinski definition) is 2. The number of aryl methyl sites for hydroxylation is 1. The normalized spacial score (nSPS) is 25.5. The third kappa shape index (κ3) is 2.69. The van der Waals surface area contributed by atoms with Crippen LogP contribution in [0.4, 0.5) is 5.69 Å². The molecular weight excluding hydrogens is 202 g/mol. The first kappa shape index (κ1) is 10.9. The standard InChI is InChI=1S/C13H19NS/c1-3-11-5-4-6-12(9-11)14-13-7-8-15-10(13)2/h4-6,9-10,13-14H,3,7-8H2,1-2H3. The lowest BCUT2D eigenvalue weighted by Gasteiger charge is -2.18. The summed E-state index contributed by atoms with van der Waals surface area (Å²) in [6, 6.07) is 9.44. The molecule has 1 heterocycles. The van der Waals surface area contributed by atoms with Crippen molar-refractivity contribution in [2.75, 3.05) is 11.1 Å². The first-order chi connectivity index (χ1) is 7.29. The predicted molar refractivity (Wildman–Crippen MR) is 69.8 cm³/mol. The average molecular weight is 221 g/mol. The molecule has 0 amide bonds. The second kappa shape index (κ2) is 4.93. The van der Waals surface area contributed by atoms with Gasteiger partial charge >= 0.3 is 0 Å². The van der Waals surface area contributed by atoms with E-state index < -0.39 is 0 Å². The summed E-state index contributed by atoms with van der Waals surface area (Å²) in [5, 5.41) is 4.39. The van der Waals surface area contributed by atoms with E-state index in [1.807, 2.05) is 0 Å². The molecule has 1 aliphatic rings. The number of thioether (sulfide) groups is 1. The minimum atomic E-state index is 0.655. The number of nitrogens with one attached hydrogen (secondary N) is 1. The molecule has 0 radical (unpaired) electrons. The first-order valence-corrected chi connectivity index (χ1v) is 6.81. The Kier molecular flexibility index (Phi) is 3.57. The number of hydrogen-bond donors (Lipinski definition) is 1. The summed E-state index contributed by atoms with van der Waals surface area (Å²) in [5.41, 5.74) is 2.70. The maximum absolute atomic E-state index is 3.64. The molecule has 1 fully saturated rings. The van der Waals surface area contributed by atoms with Crippen LogP contribution >= 0.6 is 11.8 Å². The minimum absolute atomic E-state index is 0.655. The van der Waals surface area contributed by atoms with Gasteiger partial charge in [-0.15, -0.1) is 0 Å². The third-order valence-electron chi connectivity index (χ3n) is 3.06. The van der Waals surface area contributed by atoms with Gasteiger partial charge in [0.1, 0.15) is 0 Å². The molecule has 0 spiro atoms. The molecule has 2 heteroatoms. The Balaban J connectivity index is 2.03. The molecule has 82 valence electrons. The van der Waals surface area contributed by atoms with Gasteiger partial charge in [0.15, 0.2) is 0 Å². The van der Waals surface area contributed by atoms with Crippen LogP contribution in [0.15, 0.2) is 24.3 Å². The maximum atomic E-state index is 3.64.